The molecule has 7 heteroatoms. The molecule has 1 aliphatic rings. The first-order valence-corrected chi connectivity index (χ1v) is 8.49. The third-order valence-corrected chi connectivity index (χ3v) is 4.34. The number of benzene rings is 2. The van der Waals surface area contributed by atoms with Gasteiger partial charge in [0.2, 0.25) is 0 Å². The van der Waals surface area contributed by atoms with Crippen LogP contribution in [0, 0.1) is 23.0 Å². The van der Waals surface area contributed by atoms with Crippen LogP contribution in [-0.2, 0) is 4.79 Å². The number of hydrogen-bond acceptors (Lipinski definition) is 4. The zero-order valence-corrected chi connectivity index (χ0v) is 14.5. The monoisotopic (exact) mass is 368 g/mol. The van der Waals surface area contributed by atoms with E-state index < -0.39 is 0 Å². The van der Waals surface area contributed by atoms with Gasteiger partial charge in [-0.1, -0.05) is 0 Å². The molecule has 1 amide bonds. The largest absolute Gasteiger partial charge is 0.368 e. The average molecular weight is 368 g/mol. The van der Waals surface area contributed by atoms with Crippen LogP contribution in [0.5, 0.6) is 0 Å². The van der Waals surface area contributed by atoms with Crippen molar-refractivity contribution in [1.82, 2.24) is 4.90 Å². The molecule has 1 N–H and O–H groups in total. The average Bonchev–Trinajstić information content (AvgIpc) is 2.70. The second kappa shape index (κ2) is 8.32. The third kappa shape index (κ3) is 4.61. The maximum absolute atomic E-state index is 13.0. The molecule has 0 atom stereocenters. The number of carbonyl (C=O) groups excluding carboxylic acids is 1. The van der Waals surface area contributed by atoms with Crippen molar-refractivity contribution in [2.24, 2.45) is 0 Å². The van der Waals surface area contributed by atoms with Gasteiger partial charge in [0, 0.05) is 43.8 Å². The number of halogens is 2. The van der Waals surface area contributed by atoms with Gasteiger partial charge in [-0.2, -0.15) is 5.26 Å². The molecule has 0 saturated carbocycles. The Morgan fingerprint density at radius 1 is 0.963 bits per heavy atom. The number of carbonyl (C=O) groups is 1. The van der Waals surface area contributed by atoms with Gasteiger partial charge in [0.15, 0.2) is 0 Å². The predicted octanol–water partition coefficient (Wildman–Crippen LogP) is 3.13. The number of rotatable bonds is 4. The molecular formula is C20H18F2N4O. The molecule has 0 bridgehead atoms. The summed E-state index contributed by atoms with van der Waals surface area (Å²) in [5.41, 5.74) is 1.46. The zero-order chi connectivity index (χ0) is 19.2. The Labute approximate surface area is 156 Å². The van der Waals surface area contributed by atoms with Gasteiger partial charge >= 0.3 is 0 Å². The molecule has 1 aliphatic heterocycles. The van der Waals surface area contributed by atoms with Crippen LogP contribution in [0.15, 0.2) is 60.3 Å². The maximum atomic E-state index is 13.0. The number of piperazine rings is 1. The smallest absolute Gasteiger partial charge is 0.266 e. The molecule has 27 heavy (non-hydrogen) atoms. The number of anilines is 2. The zero-order valence-electron chi connectivity index (χ0n) is 14.5. The van der Waals surface area contributed by atoms with Crippen molar-refractivity contribution < 1.29 is 13.6 Å². The number of amides is 1. The van der Waals surface area contributed by atoms with Crippen molar-refractivity contribution in [3.8, 4) is 6.07 Å². The lowest BCUT2D eigenvalue weighted by Gasteiger charge is -2.36. The number of nitriles is 1. The number of nitrogens with one attached hydrogen (secondary N) is 1. The first kappa shape index (κ1) is 18.4. The topological polar surface area (TPSA) is 59.4 Å². The van der Waals surface area contributed by atoms with Gasteiger partial charge in [0.05, 0.1) is 0 Å². The summed E-state index contributed by atoms with van der Waals surface area (Å²) in [5, 5.41) is 12.1. The van der Waals surface area contributed by atoms with E-state index in [-0.39, 0.29) is 23.1 Å². The molecule has 0 radical (unpaired) electrons. The molecule has 0 aliphatic carbocycles. The standard InChI is InChI=1S/C20H18F2N4O/c21-16-1-5-18(6-2-16)24-14-15(13-23)20(27)26-11-9-25(10-12-26)19-7-3-17(22)4-8-19/h1-8,14,24H,9-12H2/b15-14-. The Kier molecular flexibility index (Phi) is 5.67. The highest BCUT2D eigenvalue weighted by molar-refractivity contribution is 5.97. The van der Waals surface area contributed by atoms with Crippen molar-refractivity contribution in [2.45, 2.75) is 0 Å². The Hall–Kier alpha value is -3.40. The quantitative estimate of drug-likeness (QED) is 0.665. The van der Waals surface area contributed by atoms with Crippen LogP contribution in [0.3, 0.4) is 0 Å². The predicted molar refractivity (Wildman–Crippen MR) is 98.9 cm³/mol. The SMILES string of the molecule is N#C/C(=C/Nc1ccc(F)cc1)C(=O)N1CCN(c2ccc(F)cc2)CC1. The second-order valence-electron chi connectivity index (χ2n) is 6.08. The Morgan fingerprint density at radius 3 is 2.07 bits per heavy atom. The fourth-order valence-electron chi connectivity index (χ4n) is 2.83. The van der Waals surface area contributed by atoms with E-state index >= 15 is 0 Å². The normalized spacial score (nSPS) is 14.6. The minimum absolute atomic E-state index is 0.0189. The van der Waals surface area contributed by atoms with Gasteiger partial charge in [-0.3, -0.25) is 4.79 Å². The first-order valence-electron chi connectivity index (χ1n) is 8.49. The lowest BCUT2D eigenvalue weighted by Crippen LogP contribution is -2.49. The van der Waals surface area contributed by atoms with Crippen LogP contribution in [0.2, 0.25) is 0 Å². The molecular weight excluding hydrogens is 350 g/mol. The van der Waals surface area contributed by atoms with Crippen LogP contribution < -0.4 is 10.2 Å². The minimum atomic E-state index is -0.361. The molecule has 1 saturated heterocycles. The van der Waals surface area contributed by atoms with E-state index in [2.05, 4.69) is 10.2 Å². The van der Waals surface area contributed by atoms with Crippen LogP contribution in [0.25, 0.3) is 0 Å². The van der Waals surface area contributed by atoms with Crippen LogP contribution in [0.1, 0.15) is 0 Å². The summed E-state index contributed by atoms with van der Waals surface area (Å²) in [6.07, 6.45) is 1.34. The van der Waals surface area contributed by atoms with E-state index in [1.807, 2.05) is 6.07 Å². The molecule has 5 nitrogen and oxygen atoms in total. The fraction of sp³-hybridized carbons (Fsp3) is 0.200. The Morgan fingerprint density at radius 2 is 1.52 bits per heavy atom. The van der Waals surface area contributed by atoms with Crippen LogP contribution >= 0.6 is 0 Å². The van der Waals surface area contributed by atoms with Gasteiger partial charge in [-0.25, -0.2) is 8.78 Å². The highest BCUT2D eigenvalue weighted by atomic mass is 19.1. The lowest BCUT2D eigenvalue weighted by molar-refractivity contribution is -0.127. The van der Waals surface area contributed by atoms with Gasteiger partial charge in [-0.05, 0) is 48.5 Å². The Bertz CT molecular complexity index is 864. The number of hydrogen-bond donors (Lipinski definition) is 1. The highest BCUT2D eigenvalue weighted by Crippen LogP contribution is 2.18. The lowest BCUT2D eigenvalue weighted by atomic mass is 10.2. The molecule has 1 fully saturated rings. The van der Waals surface area contributed by atoms with Gasteiger partial charge in [0.1, 0.15) is 23.3 Å². The molecule has 2 aromatic rings. The molecule has 0 unspecified atom stereocenters. The van der Waals surface area contributed by atoms with Gasteiger partial charge < -0.3 is 15.1 Å². The minimum Gasteiger partial charge on any atom is -0.368 e. The van der Waals surface area contributed by atoms with Crippen LogP contribution in [0.4, 0.5) is 20.2 Å². The fourth-order valence-corrected chi connectivity index (χ4v) is 2.83. The van der Waals surface area contributed by atoms with Crippen molar-refractivity contribution in [2.75, 3.05) is 36.4 Å². The van der Waals surface area contributed by atoms with Crippen molar-refractivity contribution in [3.05, 3.63) is 71.9 Å². The first-order chi connectivity index (χ1) is 13.1. The Balaban J connectivity index is 1.59. The number of nitrogens with zero attached hydrogens (tertiary/aromatic N) is 3. The van der Waals surface area contributed by atoms with Crippen molar-refractivity contribution in [3.63, 3.8) is 0 Å². The van der Waals surface area contributed by atoms with E-state index in [1.54, 1.807) is 17.0 Å². The van der Waals surface area contributed by atoms with E-state index in [1.165, 1.54) is 42.6 Å². The molecule has 0 aromatic heterocycles. The van der Waals surface area contributed by atoms with E-state index in [0.29, 0.717) is 31.9 Å². The third-order valence-electron chi connectivity index (χ3n) is 4.34. The summed E-state index contributed by atoms with van der Waals surface area (Å²) < 4.78 is 25.9. The molecule has 0 spiro atoms. The summed E-state index contributed by atoms with van der Waals surface area (Å²) in [5.74, 6) is -1.00. The summed E-state index contributed by atoms with van der Waals surface area (Å²) in [6, 6.07) is 13.8. The van der Waals surface area contributed by atoms with Gasteiger partial charge in [0.25, 0.3) is 5.91 Å². The highest BCUT2D eigenvalue weighted by Gasteiger charge is 2.23. The summed E-state index contributed by atoms with van der Waals surface area (Å²) >= 11 is 0. The summed E-state index contributed by atoms with van der Waals surface area (Å²) in [6.45, 7) is 2.13. The molecule has 138 valence electrons. The molecule has 1 heterocycles. The van der Waals surface area contributed by atoms with E-state index in [0.717, 1.165) is 5.69 Å². The molecule has 3 rings (SSSR count). The van der Waals surface area contributed by atoms with Crippen molar-refractivity contribution >= 4 is 17.3 Å². The van der Waals surface area contributed by atoms with Crippen LogP contribution in [-0.4, -0.2) is 37.0 Å². The van der Waals surface area contributed by atoms with Gasteiger partial charge in [-0.15, -0.1) is 0 Å². The van der Waals surface area contributed by atoms with E-state index in [4.69, 9.17) is 0 Å². The summed E-state index contributed by atoms with van der Waals surface area (Å²) in [4.78, 5) is 16.2. The van der Waals surface area contributed by atoms with Crippen molar-refractivity contribution in [1.29, 1.82) is 5.26 Å². The van der Waals surface area contributed by atoms with E-state index in [9.17, 15) is 18.8 Å². The summed E-state index contributed by atoms with van der Waals surface area (Å²) in [7, 11) is 0. The maximum Gasteiger partial charge on any atom is 0.266 e. The molecule has 2 aromatic carbocycles. The second-order valence-corrected chi connectivity index (χ2v) is 6.08.